The number of carbonyl (C=O) groups is 1. The van der Waals surface area contributed by atoms with Crippen LogP contribution in [0, 0.1) is 13.8 Å². The van der Waals surface area contributed by atoms with Gasteiger partial charge in [0.15, 0.2) is 5.78 Å². The molecule has 0 atom stereocenters. The summed E-state index contributed by atoms with van der Waals surface area (Å²) >= 11 is 5.69. The van der Waals surface area contributed by atoms with Crippen molar-refractivity contribution in [3.05, 3.63) is 47.3 Å². The van der Waals surface area contributed by atoms with Crippen LogP contribution >= 0.6 is 11.6 Å². The van der Waals surface area contributed by atoms with Crippen LogP contribution < -0.4 is 4.90 Å². The molecule has 0 bridgehead atoms. The lowest BCUT2D eigenvalue weighted by Crippen LogP contribution is -2.21. The van der Waals surface area contributed by atoms with Crippen molar-refractivity contribution in [3.63, 3.8) is 0 Å². The number of alkyl halides is 1. The molecule has 118 valence electrons. The molecule has 0 aliphatic heterocycles. The molecule has 0 N–H and O–H groups in total. The van der Waals surface area contributed by atoms with Gasteiger partial charge < -0.3 is 9.47 Å². The number of aryl methyl sites for hydroxylation is 1. The smallest absolute Gasteiger partial charge is 0.179 e. The molecular weight excluding hydrogens is 296 g/mol. The summed E-state index contributed by atoms with van der Waals surface area (Å²) in [7, 11) is 0. The topological polar surface area (TPSA) is 25.2 Å². The largest absolute Gasteiger partial charge is 0.372 e. The Kier molecular flexibility index (Phi) is 5.30. The fourth-order valence-electron chi connectivity index (χ4n) is 2.92. The summed E-state index contributed by atoms with van der Waals surface area (Å²) in [5.74, 6) is -0.00802. The summed E-state index contributed by atoms with van der Waals surface area (Å²) < 4.78 is 2.10. The van der Waals surface area contributed by atoms with Gasteiger partial charge in [0.25, 0.3) is 0 Å². The Morgan fingerprint density at radius 1 is 1.14 bits per heavy atom. The first-order valence-electron chi connectivity index (χ1n) is 7.66. The monoisotopic (exact) mass is 318 g/mol. The van der Waals surface area contributed by atoms with Crippen molar-refractivity contribution in [2.24, 2.45) is 0 Å². The van der Waals surface area contributed by atoms with Gasteiger partial charge in [-0.2, -0.15) is 0 Å². The summed E-state index contributed by atoms with van der Waals surface area (Å²) in [6.07, 6.45) is 0. The third-order valence-electron chi connectivity index (χ3n) is 4.09. The van der Waals surface area contributed by atoms with Gasteiger partial charge in [-0.1, -0.05) is 0 Å². The van der Waals surface area contributed by atoms with Gasteiger partial charge in [0.2, 0.25) is 0 Å². The maximum absolute atomic E-state index is 11.9. The zero-order valence-electron chi connectivity index (χ0n) is 13.7. The minimum atomic E-state index is -0.0271. The van der Waals surface area contributed by atoms with Gasteiger partial charge >= 0.3 is 0 Å². The van der Waals surface area contributed by atoms with Crippen molar-refractivity contribution in [2.45, 2.75) is 27.7 Å². The highest BCUT2D eigenvalue weighted by atomic mass is 35.5. The number of aromatic nitrogens is 1. The molecule has 4 heteroatoms. The molecule has 1 aromatic heterocycles. The molecule has 0 fully saturated rings. The molecule has 3 nitrogen and oxygen atoms in total. The molecule has 2 aromatic rings. The number of Topliss-reactive ketones (excluding diaryl/α,β-unsaturated/α-hetero) is 1. The number of ketones is 1. The molecule has 22 heavy (non-hydrogen) atoms. The van der Waals surface area contributed by atoms with Crippen LogP contribution in [0.2, 0.25) is 0 Å². The van der Waals surface area contributed by atoms with E-state index in [1.165, 1.54) is 5.69 Å². The van der Waals surface area contributed by atoms with Crippen LogP contribution in [0.15, 0.2) is 30.3 Å². The van der Waals surface area contributed by atoms with Crippen molar-refractivity contribution in [1.29, 1.82) is 0 Å². The van der Waals surface area contributed by atoms with Crippen molar-refractivity contribution >= 4 is 23.1 Å². The summed E-state index contributed by atoms with van der Waals surface area (Å²) in [6.45, 7) is 10.3. The molecule has 0 amide bonds. The number of hydrogen-bond donors (Lipinski definition) is 0. The summed E-state index contributed by atoms with van der Waals surface area (Å²) in [5, 5.41) is 0. The van der Waals surface area contributed by atoms with Crippen molar-refractivity contribution in [3.8, 4) is 5.69 Å². The Bertz CT molecular complexity index is 654. The number of benzene rings is 1. The normalized spacial score (nSPS) is 10.8. The van der Waals surface area contributed by atoms with Crippen molar-refractivity contribution < 1.29 is 4.79 Å². The zero-order valence-corrected chi connectivity index (χ0v) is 14.4. The van der Waals surface area contributed by atoms with E-state index in [-0.39, 0.29) is 11.7 Å². The maximum atomic E-state index is 11.9. The van der Waals surface area contributed by atoms with Gasteiger partial charge in [-0.05, 0) is 58.0 Å². The first-order valence-corrected chi connectivity index (χ1v) is 8.20. The highest BCUT2D eigenvalue weighted by molar-refractivity contribution is 6.30. The van der Waals surface area contributed by atoms with E-state index in [0.717, 1.165) is 30.2 Å². The Hall–Kier alpha value is -1.74. The van der Waals surface area contributed by atoms with E-state index in [1.807, 2.05) is 19.9 Å². The van der Waals surface area contributed by atoms with Crippen LogP contribution in [0.1, 0.15) is 35.6 Å². The van der Waals surface area contributed by atoms with Gasteiger partial charge in [0, 0.05) is 41.4 Å². The molecule has 0 aliphatic carbocycles. The fourth-order valence-corrected chi connectivity index (χ4v) is 3.06. The number of hydrogen-bond acceptors (Lipinski definition) is 2. The molecule has 0 saturated heterocycles. The van der Waals surface area contributed by atoms with Crippen LogP contribution in [-0.2, 0) is 0 Å². The minimum Gasteiger partial charge on any atom is -0.372 e. The summed E-state index contributed by atoms with van der Waals surface area (Å²) in [4.78, 5) is 14.2. The lowest BCUT2D eigenvalue weighted by atomic mass is 10.2. The van der Waals surface area contributed by atoms with Crippen LogP contribution in [0.3, 0.4) is 0 Å². The standard InChI is InChI=1S/C18H23ClN2O/c1-5-20(6-2)15-7-9-16(10-8-15)21-13(3)11-17(14(21)4)18(22)12-19/h7-11H,5-6,12H2,1-4H3. The third-order valence-corrected chi connectivity index (χ3v) is 4.33. The van der Waals surface area contributed by atoms with E-state index in [4.69, 9.17) is 11.6 Å². The third kappa shape index (κ3) is 3.05. The highest BCUT2D eigenvalue weighted by Gasteiger charge is 2.15. The van der Waals surface area contributed by atoms with Gasteiger partial charge in [-0.15, -0.1) is 11.6 Å². The van der Waals surface area contributed by atoms with Crippen LogP contribution in [-0.4, -0.2) is 29.3 Å². The van der Waals surface area contributed by atoms with Gasteiger partial charge in [-0.3, -0.25) is 4.79 Å². The number of halogens is 1. The average Bonchev–Trinajstić information content (AvgIpc) is 2.83. The number of nitrogens with zero attached hydrogens (tertiary/aromatic N) is 2. The molecule has 1 heterocycles. The SMILES string of the molecule is CCN(CC)c1ccc(-n2c(C)cc(C(=O)CCl)c2C)cc1. The lowest BCUT2D eigenvalue weighted by molar-refractivity contribution is 0.102. The van der Waals surface area contributed by atoms with Crippen LogP contribution in [0.5, 0.6) is 0 Å². The minimum absolute atomic E-state index is 0.0190. The molecule has 1 aromatic carbocycles. The molecule has 0 saturated carbocycles. The van der Waals surface area contributed by atoms with Crippen LogP contribution in [0.25, 0.3) is 5.69 Å². The first-order chi connectivity index (χ1) is 10.5. The van der Waals surface area contributed by atoms with Gasteiger partial charge in [-0.25, -0.2) is 0 Å². The average molecular weight is 319 g/mol. The summed E-state index contributed by atoms with van der Waals surface area (Å²) in [6, 6.07) is 10.4. The maximum Gasteiger partial charge on any atom is 0.179 e. The first kappa shape index (κ1) is 16.6. The molecule has 2 rings (SSSR count). The Labute approximate surface area is 137 Å². The molecule has 0 spiro atoms. The van der Waals surface area contributed by atoms with Gasteiger partial charge in [0.1, 0.15) is 0 Å². The quantitative estimate of drug-likeness (QED) is 0.584. The van der Waals surface area contributed by atoms with E-state index in [2.05, 4.69) is 47.6 Å². The Morgan fingerprint density at radius 3 is 2.23 bits per heavy atom. The van der Waals surface area contributed by atoms with E-state index < -0.39 is 0 Å². The Balaban J connectivity index is 2.41. The van der Waals surface area contributed by atoms with E-state index in [1.54, 1.807) is 0 Å². The van der Waals surface area contributed by atoms with Gasteiger partial charge in [0.05, 0.1) is 5.88 Å². The second kappa shape index (κ2) is 7.01. The van der Waals surface area contributed by atoms with E-state index in [0.29, 0.717) is 5.56 Å². The number of rotatable bonds is 6. The van der Waals surface area contributed by atoms with E-state index >= 15 is 0 Å². The van der Waals surface area contributed by atoms with Crippen LogP contribution in [0.4, 0.5) is 5.69 Å². The fraction of sp³-hybridized carbons (Fsp3) is 0.389. The highest BCUT2D eigenvalue weighted by Crippen LogP contribution is 2.24. The molecule has 0 unspecified atom stereocenters. The van der Waals surface area contributed by atoms with Crippen molar-refractivity contribution in [2.75, 3.05) is 23.9 Å². The molecule has 0 aliphatic rings. The zero-order chi connectivity index (χ0) is 16.3. The summed E-state index contributed by atoms with van der Waals surface area (Å²) in [5.41, 5.74) is 4.98. The molecular formula is C18H23ClN2O. The number of carbonyl (C=O) groups excluding carboxylic acids is 1. The molecule has 0 radical (unpaired) electrons. The second-order valence-electron chi connectivity index (χ2n) is 5.37. The predicted octanol–water partition coefficient (Wildman–Crippen LogP) is 4.36. The van der Waals surface area contributed by atoms with Crippen molar-refractivity contribution in [1.82, 2.24) is 4.57 Å². The Morgan fingerprint density at radius 2 is 1.73 bits per heavy atom. The second-order valence-corrected chi connectivity index (χ2v) is 5.63. The predicted molar refractivity (Wildman–Crippen MR) is 93.9 cm³/mol. The van der Waals surface area contributed by atoms with E-state index in [9.17, 15) is 4.79 Å². The lowest BCUT2D eigenvalue weighted by Gasteiger charge is -2.21. The number of anilines is 1.